The van der Waals surface area contributed by atoms with Crippen LogP contribution >= 0.6 is 0 Å². The van der Waals surface area contributed by atoms with Crippen molar-refractivity contribution < 1.29 is 24.1 Å². The number of carbonyl (C=O) groups excluding carboxylic acids is 1. The number of aliphatic hydroxyl groups excluding tert-OH is 2. The average molecular weight is 229 g/mol. The van der Waals surface area contributed by atoms with Gasteiger partial charge in [-0.3, -0.25) is 0 Å². The molecule has 2 atom stereocenters. The van der Waals surface area contributed by atoms with Gasteiger partial charge in [0.15, 0.2) is 6.10 Å². The topological polar surface area (TPSA) is 92.8 Å². The van der Waals surface area contributed by atoms with Gasteiger partial charge in [0, 0.05) is 11.3 Å². The van der Waals surface area contributed by atoms with Crippen molar-refractivity contribution >= 4 is 11.7 Å². The summed E-state index contributed by atoms with van der Waals surface area (Å²) < 4.78 is 17.5. The van der Waals surface area contributed by atoms with Crippen LogP contribution in [0, 0.1) is 5.82 Å². The molecule has 2 unspecified atom stereocenters. The molecule has 0 spiro atoms. The lowest BCUT2D eigenvalue weighted by Crippen LogP contribution is -2.30. The van der Waals surface area contributed by atoms with Crippen LogP contribution in [-0.4, -0.2) is 29.4 Å². The molecular formula is C10H12FNO4. The maximum atomic E-state index is 13.3. The summed E-state index contributed by atoms with van der Waals surface area (Å²) in [6.45, 7) is 0. The molecule has 1 aromatic carbocycles. The molecule has 4 N–H and O–H groups in total. The van der Waals surface area contributed by atoms with Crippen LogP contribution in [0.15, 0.2) is 18.2 Å². The summed E-state index contributed by atoms with van der Waals surface area (Å²) in [5, 5.41) is 18.9. The lowest BCUT2D eigenvalue weighted by molar-refractivity contribution is -0.156. The lowest BCUT2D eigenvalue weighted by Gasteiger charge is -2.18. The Kier molecular flexibility index (Phi) is 3.81. The molecule has 0 amide bonds. The second-order valence-electron chi connectivity index (χ2n) is 3.16. The Hall–Kier alpha value is -1.66. The fourth-order valence-electron chi connectivity index (χ4n) is 1.27. The van der Waals surface area contributed by atoms with Crippen LogP contribution in [0.3, 0.4) is 0 Å². The van der Waals surface area contributed by atoms with Crippen molar-refractivity contribution in [3.05, 3.63) is 29.6 Å². The van der Waals surface area contributed by atoms with Gasteiger partial charge in [-0.25, -0.2) is 9.18 Å². The van der Waals surface area contributed by atoms with Gasteiger partial charge in [0.1, 0.15) is 11.9 Å². The Bertz CT molecular complexity index is 376. The van der Waals surface area contributed by atoms with Gasteiger partial charge in [-0.1, -0.05) is 6.07 Å². The number of benzene rings is 1. The first-order valence-electron chi connectivity index (χ1n) is 4.47. The van der Waals surface area contributed by atoms with Crippen LogP contribution in [0.25, 0.3) is 0 Å². The highest BCUT2D eigenvalue weighted by atomic mass is 19.1. The second kappa shape index (κ2) is 4.91. The number of esters is 1. The number of ether oxygens (including phenoxy) is 1. The van der Waals surface area contributed by atoms with Gasteiger partial charge in [0.2, 0.25) is 0 Å². The molecule has 1 aromatic rings. The van der Waals surface area contributed by atoms with E-state index < -0.39 is 24.0 Å². The minimum Gasteiger partial charge on any atom is -0.467 e. The van der Waals surface area contributed by atoms with E-state index >= 15 is 0 Å². The van der Waals surface area contributed by atoms with Crippen molar-refractivity contribution in [3.8, 4) is 0 Å². The van der Waals surface area contributed by atoms with E-state index in [1.807, 2.05) is 0 Å². The van der Waals surface area contributed by atoms with Gasteiger partial charge in [0.05, 0.1) is 7.11 Å². The third-order valence-electron chi connectivity index (χ3n) is 2.12. The summed E-state index contributed by atoms with van der Waals surface area (Å²) in [6, 6.07) is 3.77. The van der Waals surface area contributed by atoms with Gasteiger partial charge in [-0.15, -0.1) is 0 Å². The Morgan fingerprint density at radius 1 is 1.50 bits per heavy atom. The molecule has 16 heavy (non-hydrogen) atoms. The maximum Gasteiger partial charge on any atom is 0.337 e. The number of carbonyl (C=O) groups is 1. The third-order valence-corrected chi connectivity index (χ3v) is 2.12. The molecule has 0 aliphatic carbocycles. The first-order chi connectivity index (χ1) is 7.49. The summed E-state index contributed by atoms with van der Waals surface area (Å²) in [5.74, 6) is -1.86. The third kappa shape index (κ3) is 2.29. The van der Waals surface area contributed by atoms with Crippen molar-refractivity contribution in [3.63, 3.8) is 0 Å². The minimum atomic E-state index is -1.87. The molecule has 1 rings (SSSR count). The van der Waals surface area contributed by atoms with Crippen molar-refractivity contribution in [1.82, 2.24) is 0 Å². The fraction of sp³-hybridized carbons (Fsp3) is 0.300. The molecule has 0 heterocycles. The largest absolute Gasteiger partial charge is 0.467 e. The molecule has 0 bridgehead atoms. The van der Waals surface area contributed by atoms with Crippen LogP contribution in [0.5, 0.6) is 0 Å². The molecular weight excluding hydrogens is 217 g/mol. The standard InChI is InChI=1S/C10H12FNO4/c1-16-10(15)9(14)8(13)7-5(11)3-2-4-6(7)12/h2-4,8-9,13-14H,12H2,1H3. The Labute approximate surface area is 91.3 Å². The number of hydrogen-bond donors (Lipinski definition) is 3. The van der Waals surface area contributed by atoms with Crippen LogP contribution < -0.4 is 5.73 Å². The molecule has 0 saturated heterocycles. The smallest absolute Gasteiger partial charge is 0.337 e. The summed E-state index contributed by atoms with van der Waals surface area (Å²) in [4.78, 5) is 11.0. The first kappa shape index (κ1) is 12.4. The highest BCUT2D eigenvalue weighted by Crippen LogP contribution is 2.26. The Morgan fingerprint density at radius 2 is 2.12 bits per heavy atom. The van der Waals surface area contributed by atoms with Gasteiger partial charge in [0.25, 0.3) is 0 Å². The molecule has 0 saturated carbocycles. The van der Waals surface area contributed by atoms with Gasteiger partial charge in [-0.2, -0.15) is 0 Å². The number of nitrogens with two attached hydrogens (primary N) is 1. The molecule has 0 aromatic heterocycles. The van der Waals surface area contributed by atoms with E-state index in [1.165, 1.54) is 12.1 Å². The number of aliphatic hydroxyl groups is 2. The van der Waals surface area contributed by atoms with E-state index in [0.29, 0.717) is 0 Å². The van der Waals surface area contributed by atoms with Crippen molar-refractivity contribution in [1.29, 1.82) is 0 Å². The number of rotatable bonds is 3. The van der Waals surface area contributed by atoms with Gasteiger partial charge < -0.3 is 20.7 Å². The van der Waals surface area contributed by atoms with Crippen LogP contribution in [-0.2, 0) is 9.53 Å². The lowest BCUT2D eigenvalue weighted by atomic mass is 10.0. The van der Waals surface area contributed by atoms with Crippen LogP contribution in [0.4, 0.5) is 10.1 Å². The molecule has 6 heteroatoms. The number of nitrogen functional groups attached to an aromatic ring is 1. The molecule has 0 radical (unpaired) electrons. The zero-order valence-electron chi connectivity index (χ0n) is 8.55. The normalized spacial score (nSPS) is 14.2. The van der Waals surface area contributed by atoms with E-state index in [2.05, 4.69) is 4.74 Å². The highest BCUT2D eigenvalue weighted by molar-refractivity contribution is 5.75. The number of anilines is 1. The number of methoxy groups -OCH3 is 1. The predicted octanol–water partition coefficient (Wildman–Crippen LogP) is -0.0248. The highest BCUT2D eigenvalue weighted by Gasteiger charge is 2.29. The maximum absolute atomic E-state index is 13.3. The van der Waals surface area contributed by atoms with Crippen molar-refractivity contribution in [2.75, 3.05) is 12.8 Å². The molecule has 0 fully saturated rings. The number of halogens is 1. The van der Waals surface area contributed by atoms with Gasteiger partial charge >= 0.3 is 5.97 Å². The Balaban J connectivity index is 3.04. The number of hydrogen-bond acceptors (Lipinski definition) is 5. The van der Waals surface area contributed by atoms with Crippen molar-refractivity contribution in [2.24, 2.45) is 0 Å². The summed E-state index contributed by atoms with van der Waals surface area (Å²) in [6.07, 6.45) is -3.63. The van der Waals surface area contributed by atoms with E-state index in [4.69, 9.17) is 5.73 Å². The predicted molar refractivity (Wildman–Crippen MR) is 53.8 cm³/mol. The van der Waals surface area contributed by atoms with E-state index in [0.717, 1.165) is 13.2 Å². The quantitative estimate of drug-likeness (QED) is 0.500. The summed E-state index contributed by atoms with van der Waals surface area (Å²) >= 11 is 0. The van der Waals surface area contributed by atoms with Crippen LogP contribution in [0.1, 0.15) is 11.7 Å². The molecule has 0 aliphatic rings. The van der Waals surface area contributed by atoms with E-state index in [-0.39, 0.29) is 11.3 Å². The molecule has 0 aliphatic heterocycles. The first-order valence-corrected chi connectivity index (χ1v) is 4.47. The molecule has 5 nitrogen and oxygen atoms in total. The van der Waals surface area contributed by atoms with E-state index in [1.54, 1.807) is 0 Å². The minimum absolute atomic E-state index is 0.0459. The van der Waals surface area contributed by atoms with Crippen LogP contribution in [0.2, 0.25) is 0 Å². The average Bonchev–Trinajstić information content (AvgIpc) is 2.26. The summed E-state index contributed by atoms with van der Waals surface area (Å²) in [5.41, 5.74) is 5.07. The fourth-order valence-corrected chi connectivity index (χ4v) is 1.27. The monoisotopic (exact) mass is 229 g/mol. The van der Waals surface area contributed by atoms with E-state index in [9.17, 15) is 19.4 Å². The summed E-state index contributed by atoms with van der Waals surface area (Å²) in [7, 11) is 1.04. The molecule has 88 valence electrons. The zero-order chi connectivity index (χ0) is 12.3. The second-order valence-corrected chi connectivity index (χ2v) is 3.16. The van der Waals surface area contributed by atoms with Crippen molar-refractivity contribution in [2.45, 2.75) is 12.2 Å². The SMILES string of the molecule is COC(=O)C(O)C(O)c1c(N)cccc1F. The van der Waals surface area contributed by atoms with Gasteiger partial charge in [-0.05, 0) is 12.1 Å². The Morgan fingerprint density at radius 3 is 2.62 bits per heavy atom. The zero-order valence-corrected chi connectivity index (χ0v) is 8.55.